The molecule has 0 fully saturated rings. The molecule has 29 heavy (non-hydrogen) atoms. The fourth-order valence-electron chi connectivity index (χ4n) is 2.98. The number of methoxy groups -OCH3 is 1. The van der Waals surface area contributed by atoms with E-state index in [1.807, 2.05) is 49.3 Å². The highest BCUT2D eigenvalue weighted by molar-refractivity contribution is 6.31. The topological polar surface area (TPSA) is 64.5 Å². The fourth-order valence-corrected chi connectivity index (χ4v) is 3.17. The van der Waals surface area contributed by atoms with Crippen LogP contribution in [0.15, 0.2) is 42.6 Å². The molecule has 2 aromatic carbocycles. The molecule has 0 spiro atoms. The number of hydrogen-bond donors (Lipinski definition) is 0. The zero-order valence-electron chi connectivity index (χ0n) is 16.8. The van der Waals surface area contributed by atoms with E-state index < -0.39 is 5.97 Å². The molecule has 0 saturated heterocycles. The zero-order chi connectivity index (χ0) is 21.0. The summed E-state index contributed by atoms with van der Waals surface area (Å²) >= 11 is 6.21. The number of halogens is 1. The second-order valence-corrected chi connectivity index (χ2v) is 6.91. The van der Waals surface area contributed by atoms with E-state index in [0.29, 0.717) is 34.4 Å². The van der Waals surface area contributed by atoms with Gasteiger partial charge in [-0.15, -0.1) is 0 Å². The van der Waals surface area contributed by atoms with Crippen molar-refractivity contribution in [2.45, 2.75) is 6.92 Å². The lowest BCUT2D eigenvalue weighted by molar-refractivity contribution is -0.137. The number of fused-ring (bicyclic) bond motifs is 1. The number of esters is 1. The largest absolute Gasteiger partial charge is 0.494 e. The third-order valence-corrected chi connectivity index (χ3v) is 4.50. The van der Waals surface area contributed by atoms with Crippen molar-refractivity contribution in [3.63, 3.8) is 0 Å². The zero-order valence-corrected chi connectivity index (χ0v) is 17.5. The van der Waals surface area contributed by atoms with E-state index in [9.17, 15) is 4.79 Å². The number of nitrogens with zero attached hydrogens (tertiary/aromatic N) is 3. The number of rotatable bonds is 6. The maximum atomic E-state index is 11.8. The van der Waals surface area contributed by atoms with E-state index in [0.717, 1.165) is 16.5 Å². The first-order valence-electron chi connectivity index (χ1n) is 9.10. The van der Waals surface area contributed by atoms with Crippen LogP contribution >= 0.6 is 11.6 Å². The second kappa shape index (κ2) is 8.92. The molecule has 0 bridgehead atoms. The Morgan fingerprint density at radius 3 is 2.72 bits per heavy atom. The minimum Gasteiger partial charge on any atom is -0.494 e. The number of anilines is 1. The molecule has 1 aromatic heterocycles. The number of aromatic nitrogens is 2. The Morgan fingerprint density at radius 1 is 1.28 bits per heavy atom. The summed E-state index contributed by atoms with van der Waals surface area (Å²) < 4.78 is 10.7. The van der Waals surface area contributed by atoms with E-state index in [4.69, 9.17) is 21.1 Å². The maximum absolute atomic E-state index is 11.8. The molecule has 0 N–H and O–H groups in total. The SMILES string of the molecule is CCOC(=O)/C=C/c1cc(-c2cccc(Cl)c2)c2cnc(N(C)C)nc2c1OC. The van der Waals surface area contributed by atoms with Crippen molar-refractivity contribution < 1.29 is 14.3 Å². The minimum absolute atomic E-state index is 0.311. The summed E-state index contributed by atoms with van der Waals surface area (Å²) in [5.74, 6) is 0.687. The number of carbonyl (C=O) groups is 1. The molecule has 0 saturated carbocycles. The summed E-state index contributed by atoms with van der Waals surface area (Å²) in [6.07, 6.45) is 4.82. The van der Waals surface area contributed by atoms with Gasteiger partial charge in [-0.25, -0.2) is 14.8 Å². The van der Waals surface area contributed by atoms with Gasteiger partial charge in [0.1, 0.15) is 5.52 Å². The Labute approximate surface area is 174 Å². The molecule has 7 heteroatoms. The lowest BCUT2D eigenvalue weighted by atomic mass is 9.97. The standard InChI is InChI=1S/C22H22ClN3O3/c1-5-29-19(27)10-9-15-12-17(14-7-6-8-16(23)11-14)18-13-24-22(26(2)3)25-20(18)21(15)28-4/h6-13H,5H2,1-4H3/b10-9+. The van der Waals surface area contributed by atoms with Crippen molar-refractivity contribution in [1.82, 2.24) is 9.97 Å². The van der Waals surface area contributed by atoms with Crippen LogP contribution in [-0.4, -0.2) is 43.7 Å². The molecule has 1 heterocycles. The number of hydrogen-bond acceptors (Lipinski definition) is 6. The van der Waals surface area contributed by atoms with Crippen molar-refractivity contribution in [2.24, 2.45) is 0 Å². The van der Waals surface area contributed by atoms with E-state index in [1.165, 1.54) is 6.08 Å². The highest BCUT2D eigenvalue weighted by atomic mass is 35.5. The van der Waals surface area contributed by atoms with Gasteiger partial charge in [-0.05, 0) is 42.3 Å². The normalized spacial score (nSPS) is 11.1. The van der Waals surface area contributed by atoms with Crippen LogP contribution in [0.5, 0.6) is 5.75 Å². The number of ether oxygens (including phenoxy) is 2. The van der Waals surface area contributed by atoms with Gasteiger partial charge in [-0.1, -0.05) is 23.7 Å². The molecule has 0 aliphatic rings. The molecule has 6 nitrogen and oxygen atoms in total. The molecular formula is C22H22ClN3O3. The third kappa shape index (κ3) is 4.49. The molecule has 3 rings (SSSR count). The summed E-state index contributed by atoms with van der Waals surface area (Å²) in [5, 5.41) is 1.45. The number of benzene rings is 2. The van der Waals surface area contributed by atoms with Gasteiger partial charge < -0.3 is 14.4 Å². The Kier molecular flexibility index (Phi) is 6.34. The third-order valence-electron chi connectivity index (χ3n) is 4.27. The molecular weight excluding hydrogens is 390 g/mol. The lowest BCUT2D eigenvalue weighted by Crippen LogP contribution is -2.12. The van der Waals surface area contributed by atoms with Crippen molar-refractivity contribution >= 4 is 40.5 Å². The van der Waals surface area contributed by atoms with Crippen molar-refractivity contribution in [1.29, 1.82) is 0 Å². The summed E-state index contributed by atoms with van der Waals surface area (Å²) in [4.78, 5) is 22.8. The molecule has 3 aromatic rings. The molecule has 0 aliphatic heterocycles. The Morgan fingerprint density at radius 2 is 2.07 bits per heavy atom. The Hall–Kier alpha value is -3.12. The van der Waals surface area contributed by atoms with Crippen LogP contribution < -0.4 is 9.64 Å². The lowest BCUT2D eigenvalue weighted by Gasteiger charge is -2.16. The number of carbonyl (C=O) groups excluding carboxylic acids is 1. The quantitative estimate of drug-likeness (QED) is 0.436. The van der Waals surface area contributed by atoms with Crippen LogP contribution in [0.2, 0.25) is 5.02 Å². The van der Waals surface area contributed by atoms with Crippen molar-refractivity contribution in [3.8, 4) is 16.9 Å². The predicted octanol–water partition coefficient (Wildman–Crippen LogP) is 4.60. The Balaban J connectivity index is 2.30. The van der Waals surface area contributed by atoms with Crippen molar-refractivity contribution in [3.05, 3.63) is 53.2 Å². The van der Waals surface area contributed by atoms with Gasteiger partial charge >= 0.3 is 5.97 Å². The summed E-state index contributed by atoms with van der Waals surface area (Å²) in [5.41, 5.74) is 3.15. The molecule has 0 radical (unpaired) electrons. The van der Waals surface area contributed by atoms with Gasteiger partial charge in [-0.2, -0.15) is 0 Å². The average Bonchev–Trinajstić information content (AvgIpc) is 2.71. The van der Waals surface area contributed by atoms with E-state index in [1.54, 1.807) is 26.3 Å². The maximum Gasteiger partial charge on any atom is 0.330 e. The van der Waals surface area contributed by atoms with Crippen molar-refractivity contribution in [2.75, 3.05) is 32.7 Å². The van der Waals surface area contributed by atoms with Gasteiger partial charge in [0.2, 0.25) is 5.95 Å². The second-order valence-electron chi connectivity index (χ2n) is 6.47. The van der Waals surface area contributed by atoms with Gasteiger partial charge in [0.15, 0.2) is 5.75 Å². The Bertz CT molecular complexity index is 1080. The smallest absolute Gasteiger partial charge is 0.330 e. The minimum atomic E-state index is -0.421. The van der Waals surface area contributed by atoms with E-state index >= 15 is 0 Å². The molecule has 0 aliphatic carbocycles. The fraction of sp³-hybridized carbons (Fsp3) is 0.227. The van der Waals surface area contributed by atoms with Crippen LogP contribution in [0.1, 0.15) is 12.5 Å². The summed E-state index contributed by atoms with van der Waals surface area (Å²) in [6.45, 7) is 2.07. The molecule has 0 unspecified atom stereocenters. The summed E-state index contributed by atoms with van der Waals surface area (Å²) in [6, 6.07) is 9.48. The highest BCUT2D eigenvalue weighted by Crippen LogP contribution is 2.38. The van der Waals surface area contributed by atoms with Crippen LogP contribution in [-0.2, 0) is 9.53 Å². The molecule has 0 amide bonds. The van der Waals surface area contributed by atoms with Gasteiger partial charge in [0.25, 0.3) is 0 Å². The molecule has 0 atom stereocenters. The van der Waals surface area contributed by atoms with E-state index in [2.05, 4.69) is 9.97 Å². The first-order valence-corrected chi connectivity index (χ1v) is 9.48. The van der Waals surface area contributed by atoms with Gasteiger partial charge in [0, 0.05) is 42.3 Å². The average molecular weight is 412 g/mol. The summed E-state index contributed by atoms with van der Waals surface area (Å²) in [7, 11) is 5.32. The van der Waals surface area contributed by atoms with Crippen LogP contribution in [0.25, 0.3) is 28.1 Å². The predicted molar refractivity (Wildman–Crippen MR) is 117 cm³/mol. The van der Waals surface area contributed by atoms with Gasteiger partial charge in [-0.3, -0.25) is 0 Å². The van der Waals surface area contributed by atoms with Crippen LogP contribution in [0, 0.1) is 0 Å². The van der Waals surface area contributed by atoms with Crippen LogP contribution in [0.4, 0.5) is 5.95 Å². The monoisotopic (exact) mass is 411 g/mol. The first kappa shape index (κ1) is 20.6. The van der Waals surface area contributed by atoms with Gasteiger partial charge in [0.05, 0.1) is 13.7 Å². The first-order chi connectivity index (χ1) is 13.9. The highest BCUT2D eigenvalue weighted by Gasteiger charge is 2.16. The molecule has 150 valence electrons. The van der Waals surface area contributed by atoms with Crippen LogP contribution in [0.3, 0.4) is 0 Å². The van der Waals surface area contributed by atoms with E-state index in [-0.39, 0.29) is 0 Å².